The molecule has 6 heteroatoms. The van der Waals surface area contributed by atoms with Gasteiger partial charge in [0.25, 0.3) is 5.91 Å². The summed E-state index contributed by atoms with van der Waals surface area (Å²) in [4.78, 5) is 22.3. The van der Waals surface area contributed by atoms with Crippen LogP contribution in [-0.2, 0) is 9.59 Å². The van der Waals surface area contributed by atoms with Crippen molar-refractivity contribution in [1.29, 1.82) is 0 Å². The van der Waals surface area contributed by atoms with Gasteiger partial charge in [-0.1, -0.05) is 11.6 Å². The van der Waals surface area contributed by atoms with Crippen LogP contribution in [0.2, 0.25) is 5.02 Å². The Morgan fingerprint density at radius 1 is 1.38 bits per heavy atom. The summed E-state index contributed by atoms with van der Waals surface area (Å²) in [6, 6.07) is 4.77. The molecule has 2 N–H and O–H groups in total. The highest BCUT2D eigenvalue weighted by Gasteiger charge is 2.14. The van der Waals surface area contributed by atoms with Crippen LogP contribution in [-0.4, -0.2) is 29.1 Å². The van der Waals surface area contributed by atoms with E-state index in [0.717, 1.165) is 6.08 Å². The lowest BCUT2D eigenvalue weighted by Gasteiger charge is -2.20. The van der Waals surface area contributed by atoms with E-state index in [1.54, 1.807) is 18.2 Å². The van der Waals surface area contributed by atoms with Crippen LogP contribution < -0.4 is 10.1 Å². The second-order valence-electron chi connectivity index (χ2n) is 5.44. The van der Waals surface area contributed by atoms with E-state index < -0.39 is 5.97 Å². The Kier molecular flexibility index (Phi) is 5.79. The van der Waals surface area contributed by atoms with Crippen molar-refractivity contribution in [3.8, 4) is 5.75 Å². The third kappa shape index (κ3) is 6.81. The maximum atomic E-state index is 11.7. The smallest absolute Gasteiger partial charge is 0.328 e. The molecule has 0 saturated heterocycles. The predicted octanol–water partition coefficient (Wildman–Crippen LogP) is 2.73. The minimum absolute atomic E-state index is 0.160. The van der Waals surface area contributed by atoms with Crippen LogP contribution in [0, 0.1) is 0 Å². The second kappa shape index (κ2) is 7.13. The maximum absolute atomic E-state index is 11.7. The van der Waals surface area contributed by atoms with E-state index in [0.29, 0.717) is 16.3 Å². The van der Waals surface area contributed by atoms with E-state index >= 15 is 0 Å². The van der Waals surface area contributed by atoms with Gasteiger partial charge in [0.2, 0.25) is 0 Å². The molecule has 0 atom stereocenters. The molecule has 1 rings (SSSR count). The van der Waals surface area contributed by atoms with Gasteiger partial charge in [-0.3, -0.25) is 4.79 Å². The molecule has 0 aromatic heterocycles. The summed E-state index contributed by atoms with van der Waals surface area (Å²) < 4.78 is 5.42. The molecule has 0 spiro atoms. The van der Waals surface area contributed by atoms with Crippen LogP contribution in [0.3, 0.4) is 0 Å². The number of aliphatic carboxylic acids is 1. The summed E-state index contributed by atoms with van der Waals surface area (Å²) in [5.41, 5.74) is 0.153. The number of rotatable bonds is 5. The number of carbonyl (C=O) groups excluding carboxylic acids is 1. The molecule has 1 amide bonds. The van der Waals surface area contributed by atoms with Crippen LogP contribution in [0.15, 0.2) is 24.3 Å². The predicted molar refractivity (Wildman–Crippen MR) is 81.5 cm³/mol. The quantitative estimate of drug-likeness (QED) is 0.820. The average molecular weight is 312 g/mol. The van der Waals surface area contributed by atoms with E-state index in [4.69, 9.17) is 21.4 Å². The summed E-state index contributed by atoms with van der Waals surface area (Å²) in [5, 5.41) is 11.9. The number of carbonyl (C=O) groups is 2. The molecule has 1 aromatic carbocycles. The summed E-state index contributed by atoms with van der Waals surface area (Å²) >= 11 is 5.87. The zero-order chi connectivity index (χ0) is 16.0. The molecule has 21 heavy (non-hydrogen) atoms. The number of benzene rings is 1. The Labute approximate surface area is 128 Å². The topological polar surface area (TPSA) is 75.6 Å². The molecule has 0 aliphatic carbocycles. The molecule has 114 valence electrons. The van der Waals surface area contributed by atoms with E-state index in [-0.39, 0.29) is 18.1 Å². The minimum Gasteiger partial charge on any atom is -0.483 e. The first-order chi connectivity index (χ1) is 9.67. The third-order valence-corrected chi connectivity index (χ3v) is 2.49. The fourth-order valence-corrected chi connectivity index (χ4v) is 1.72. The maximum Gasteiger partial charge on any atom is 0.328 e. The molecule has 0 heterocycles. The lowest BCUT2D eigenvalue weighted by Crippen LogP contribution is -2.43. The number of ether oxygens (including phenoxy) is 1. The van der Waals surface area contributed by atoms with Gasteiger partial charge in [-0.05, 0) is 45.0 Å². The van der Waals surface area contributed by atoms with Gasteiger partial charge in [-0.15, -0.1) is 0 Å². The molecular formula is C15H18ClNO4. The Balaban J connectivity index is 2.79. The summed E-state index contributed by atoms with van der Waals surface area (Å²) in [7, 11) is 0. The van der Waals surface area contributed by atoms with Crippen LogP contribution in [0.5, 0.6) is 5.75 Å². The average Bonchev–Trinajstić information content (AvgIpc) is 2.33. The highest BCUT2D eigenvalue weighted by atomic mass is 35.5. The first kappa shape index (κ1) is 17.0. The molecule has 0 saturated carbocycles. The van der Waals surface area contributed by atoms with E-state index in [2.05, 4.69) is 5.32 Å². The van der Waals surface area contributed by atoms with Gasteiger partial charge in [0.05, 0.1) is 0 Å². The van der Waals surface area contributed by atoms with E-state index in [1.807, 2.05) is 20.8 Å². The number of hydrogen-bond donors (Lipinski definition) is 2. The van der Waals surface area contributed by atoms with Crippen molar-refractivity contribution in [2.24, 2.45) is 0 Å². The van der Waals surface area contributed by atoms with Gasteiger partial charge in [-0.2, -0.15) is 0 Å². The van der Waals surface area contributed by atoms with Crippen molar-refractivity contribution in [3.05, 3.63) is 34.9 Å². The van der Waals surface area contributed by atoms with Crippen molar-refractivity contribution in [2.45, 2.75) is 26.3 Å². The highest BCUT2D eigenvalue weighted by Crippen LogP contribution is 2.24. The van der Waals surface area contributed by atoms with Crippen LogP contribution in [0.1, 0.15) is 26.3 Å². The zero-order valence-corrected chi connectivity index (χ0v) is 12.9. The van der Waals surface area contributed by atoms with Crippen LogP contribution in [0.25, 0.3) is 6.08 Å². The molecule has 0 fully saturated rings. The number of halogens is 1. The van der Waals surface area contributed by atoms with Gasteiger partial charge in [0.15, 0.2) is 6.61 Å². The number of carboxylic acids is 1. The van der Waals surface area contributed by atoms with Crippen molar-refractivity contribution in [2.75, 3.05) is 6.61 Å². The van der Waals surface area contributed by atoms with E-state index in [9.17, 15) is 9.59 Å². The monoisotopic (exact) mass is 311 g/mol. The van der Waals surface area contributed by atoms with Gasteiger partial charge in [0, 0.05) is 22.2 Å². The normalized spacial score (nSPS) is 11.4. The highest BCUT2D eigenvalue weighted by molar-refractivity contribution is 6.30. The molecule has 0 bridgehead atoms. The minimum atomic E-state index is -1.08. The van der Waals surface area contributed by atoms with Crippen molar-refractivity contribution in [3.63, 3.8) is 0 Å². The van der Waals surface area contributed by atoms with Crippen LogP contribution in [0.4, 0.5) is 0 Å². The van der Waals surface area contributed by atoms with Gasteiger partial charge >= 0.3 is 5.97 Å². The standard InChI is InChI=1S/C15H18ClNO4/c1-15(2,3)17-13(18)9-21-12-6-5-11(16)8-10(12)4-7-14(19)20/h4-8H,9H2,1-3H3,(H,17,18)(H,19,20)/b7-4+. The third-order valence-electron chi connectivity index (χ3n) is 2.25. The molecule has 1 aromatic rings. The molecule has 0 unspecified atom stereocenters. The Morgan fingerprint density at radius 3 is 2.62 bits per heavy atom. The SMILES string of the molecule is CC(C)(C)NC(=O)COc1ccc(Cl)cc1/C=C/C(=O)O. The van der Waals surface area contributed by atoms with E-state index in [1.165, 1.54) is 6.08 Å². The summed E-state index contributed by atoms with van der Waals surface area (Å²) in [6.45, 7) is 5.45. The number of amides is 1. The molecule has 0 aliphatic rings. The zero-order valence-electron chi connectivity index (χ0n) is 12.1. The Morgan fingerprint density at radius 2 is 2.05 bits per heavy atom. The Bertz CT molecular complexity index is 561. The fraction of sp³-hybridized carbons (Fsp3) is 0.333. The van der Waals surface area contributed by atoms with Gasteiger partial charge < -0.3 is 15.2 Å². The van der Waals surface area contributed by atoms with Gasteiger partial charge in [0.1, 0.15) is 5.75 Å². The molecule has 0 radical (unpaired) electrons. The number of hydrogen-bond acceptors (Lipinski definition) is 3. The second-order valence-corrected chi connectivity index (χ2v) is 5.88. The Hall–Kier alpha value is -2.01. The van der Waals surface area contributed by atoms with Crippen LogP contribution >= 0.6 is 11.6 Å². The first-order valence-corrected chi connectivity index (χ1v) is 6.69. The molecule has 0 aliphatic heterocycles. The summed E-state index contributed by atoms with van der Waals surface area (Å²) in [6.07, 6.45) is 2.35. The van der Waals surface area contributed by atoms with Crippen molar-refractivity contribution >= 4 is 29.6 Å². The largest absolute Gasteiger partial charge is 0.483 e. The summed E-state index contributed by atoms with van der Waals surface area (Å²) in [5.74, 6) is -0.946. The lowest BCUT2D eigenvalue weighted by atomic mass is 10.1. The van der Waals surface area contributed by atoms with Gasteiger partial charge in [-0.25, -0.2) is 4.79 Å². The molecular weight excluding hydrogens is 294 g/mol. The van der Waals surface area contributed by atoms with Crippen molar-refractivity contribution < 1.29 is 19.4 Å². The molecule has 5 nitrogen and oxygen atoms in total. The first-order valence-electron chi connectivity index (χ1n) is 6.32. The number of nitrogens with one attached hydrogen (secondary N) is 1. The number of carboxylic acid groups (broad SMARTS) is 1. The fourth-order valence-electron chi connectivity index (χ4n) is 1.54. The lowest BCUT2D eigenvalue weighted by molar-refractivity contribution is -0.131. The van der Waals surface area contributed by atoms with Crippen molar-refractivity contribution in [1.82, 2.24) is 5.32 Å².